The lowest BCUT2D eigenvalue weighted by Crippen LogP contribution is -1.85. The fourth-order valence-corrected chi connectivity index (χ4v) is 1.83. The van der Waals surface area contributed by atoms with Crippen LogP contribution in [0.1, 0.15) is 11.1 Å². The summed E-state index contributed by atoms with van der Waals surface area (Å²) in [4.78, 5) is 0. The zero-order valence-corrected chi connectivity index (χ0v) is 9.44. The van der Waals surface area contributed by atoms with E-state index in [1.165, 1.54) is 0 Å². The number of hydrogen-bond acceptors (Lipinski definition) is 2. The van der Waals surface area contributed by atoms with Crippen molar-refractivity contribution in [3.05, 3.63) is 53.1 Å². The first kappa shape index (κ1) is 10.9. The van der Waals surface area contributed by atoms with Crippen molar-refractivity contribution in [2.75, 3.05) is 0 Å². The van der Waals surface area contributed by atoms with Gasteiger partial charge in [0.05, 0.1) is 0 Å². The molecule has 0 aromatic heterocycles. The van der Waals surface area contributed by atoms with Gasteiger partial charge in [-0.05, 0) is 34.9 Å². The molecule has 0 spiro atoms. The van der Waals surface area contributed by atoms with E-state index in [1.807, 2.05) is 55.5 Å². The van der Waals surface area contributed by atoms with Crippen molar-refractivity contribution in [2.45, 2.75) is 6.92 Å². The Hall–Kier alpha value is -2.58. The van der Waals surface area contributed by atoms with Gasteiger partial charge in [-0.25, -0.2) is 0 Å². The van der Waals surface area contributed by atoms with Gasteiger partial charge in [0, 0.05) is 0 Å². The van der Waals surface area contributed by atoms with E-state index in [1.54, 1.807) is 6.08 Å². The Morgan fingerprint density at radius 1 is 1.06 bits per heavy atom. The van der Waals surface area contributed by atoms with E-state index in [0.717, 1.165) is 21.9 Å². The minimum absolute atomic E-state index is 0.129. The molecule has 0 fully saturated rings. The van der Waals surface area contributed by atoms with Crippen molar-refractivity contribution in [1.82, 2.24) is 0 Å². The molecule has 0 heterocycles. The fourth-order valence-electron chi connectivity index (χ4n) is 1.83. The molecule has 0 amide bonds. The molecule has 2 rings (SSSR count). The van der Waals surface area contributed by atoms with E-state index >= 15 is 0 Å². The van der Waals surface area contributed by atoms with Gasteiger partial charge in [-0.2, -0.15) is 10.5 Å². The van der Waals surface area contributed by atoms with Gasteiger partial charge < -0.3 is 0 Å². The summed E-state index contributed by atoms with van der Waals surface area (Å²) in [6, 6.07) is 15.8. The summed E-state index contributed by atoms with van der Waals surface area (Å²) >= 11 is 0. The third-order valence-corrected chi connectivity index (χ3v) is 2.72. The number of fused-ring (bicyclic) bond motifs is 1. The molecule has 2 nitrogen and oxygen atoms in total. The highest BCUT2D eigenvalue weighted by molar-refractivity contribution is 5.92. The molecule has 0 saturated heterocycles. The maximum absolute atomic E-state index is 8.81. The summed E-state index contributed by atoms with van der Waals surface area (Å²) in [5.74, 6) is 0. The highest BCUT2D eigenvalue weighted by Gasteiger charge is 2.03. The molecule has 0 bridgehead atoms. The van der Waals surface area contributed by atoms with Crippen LogP contribution in [0.2, 0.25) is 0 Å². The Morgan fingerprint density at radius 3 is 2.47 bits per heavy atom. The van der Waals surface area contributed by atoms with Crippen LogP contribution in [0.15, 0.2) is 42.0 Å². The molecule has 0 saturated carbocycles. The second-order valence-electron chi connectivity index (χ2n) is 3.80. The van der Waals surface area contributed by atoms with Crippen LogP contribution < -0.4 is 0 Å². The predicted octanol–water partition coefficient (Wildman–Crippen LogP) is 3.58. The van der Waals surface area contributed by atoms with Crippen LogP contribution in [0.5, 0.6) is 0 Å². The Kier molecular flexibility index (Phi) is 2.90. The summed E-state index contributed by atoms with van der Waals surface area (Å²) in [7, 11) is 0. The van der Waals surface area contributed by atoms with Gasteiger partial charge in [0.15, 0.2) is 0 Å². The van der Waals surface area contributed by atoms with Crippen LogP contribution in [0.3, 0.4) is 0 Å². The molecular formula is C15H10N2. The molecule has 80 valence electrons. The van der Waals surface area contributed by atoms with Crippen LogP contribution >= 0.6 is 0 Å². The molecule has 0 radical (unpaired) electrons. The molecule has 2 aromatic rings. The van der Waals surface area contributed by atoms with Crippen LogP contribution in [-0.4, -0.2) is 0 Å². The highest BCUT2D eigenvalue weighted by Crippen LogP contribution is 2.24. The number of benzene rings is 2. The molecule has 2 aromatic carbocycles. The first-order chi connectivity index (χ1) is 8.26. The number of rotatable bonds is 1. The molecule has 0 aliphatic carbocycles. The third-order valence-electron chi connectivity index (χ3n) is 2.72. The van der Waals surface area contributed by atoms with Crippen molar-refractivity contribution < 1.29 is 0 Å². The fraction of sp³-hybridized carbons (Fsp3) is 0.0667. The number of aryl methyl sites for hydroxylation is 1. The van der Waals surface area contributed by atoms with Crippen LogP contribution in [0.25, 0.3) is 16.8 Å². The molecule has 0 unspecified atom stereocenters. The van der Waals surface area contributed by atoms with Gasteiger partial charge in [-0.3, -0.25) is 0 Å². The SMILES string of the molecule is Cc1ccc2ccccc2c1C=C(C#N)C#N. The Balaban J connectivity index is 2.78. The zero-order chi connectivity index (χ0) is 12.3. The Bertz CT molecular complexity index is 666. The molecule has 0 aliphatic heterocycles. The van der Waals surface area contributed by atoms with Crippen molar-refractivity contribution >= 4 is 16.8 Å². The van der Waals surface area contributed by atoms with Gasteiger partial charge in [-0.1, -0.05) is 36.4 Å². The van der Waals surface area contributed by atoms with E-state index in [-0.39, 0.29) is 5.57 Å². The maximum Gasteiger partial charge on any atom is 0.130 e. The lowest BCUT2D eigenvalue weighted by atomic mass is 9.98. The summed E-state index contributed by atoms with van der Waals surface area (Å²) in [6.45, 7) is 1.98. The minimum atomic E-state index is 0.129. The topological polar surface area (TPSA) is 47.6 Å². The lowest BCUT2D eigenvalue weighted by molar-refractivity contribution is 1.45. The zero-order valence-electron chi connectivity index (χ0n) is 9.44. The largest absolute Gasteiger partial charge is 0.192 e. The number of allylic oxidation sites excluding steroid dienone is 1. The van der Waals surface area contributed by atoms with Crippen molar-refractivity contribution in [3.63, 3.8) is 0 Å². The second-order valence-corrected chi connectivity index (χ2v) is 3.80. The summed E-state index contributed by atoms with van der Waals surface area (Å²) in [6.07, 6.45) is 1.65. The van der Waals surface area contributed by atoms with Crippen molar-refractivity contribution in [3.8, 4) is 12.1 Å². The van der Waals surface area contributed by atoms with Gasteiger partial charge in [-0.15, -0.1) is 0 Å². The molecule has 2 heteroatoms. The van der Waals surface area contributed by atoms with Crippen molar-refractivity contribution in [2.24, 2.45) is 0 Å². The number of hydrogen-bond donors (Lipinski definition) is 0. The van der Waals surface area contributed by atoms with Crippen LogP contribution in [0.4, 0.5) is 0 Å². The maximum atomic E-state index is 8.81. The highest BCUT2D eigenvalue weighted by atomic mass is 14.3. The first-order valence-corrected chi connectivity index (χ1v) is 5.26. The van der Waals surface area contributed by atoms with Crippen LogP contribution in [-0.2, 0) is 0 Å². The predicted molar refractivity (Wildman–Crippen MR) is 67.9 cm³/mol. The Morgan fingerprint density at radius 2 is 1.76 bits per heavy atom. The molecule has 0 atom stereocenters. The average molecular weight is 218 g/mol. The van der Waals surface area contributed by atoms with Gasteiger partial charge in [0.1, 0.15) is 17.7 Å². The molecule has 17 heavy (non-hydrogen) atoms. The Labute approximate surface area is 100 Å². The number of nitriles is 2. The van der Waals surface area contributed by atoms with Crippen LogP contribution in [0, 0.1) is 29.6 Å². The van der Waals surface area contributed by atoms with E-state index < -0.39 is 0 Å². The quantitative estimate of drug-likeness (QED) is 0.687. The standard InChI is InChI=1S/C15H10N2/c1-11-6-7-13-4-2-3-5-14(13)15(11)8-12(9-16)10-17/h2-8H,1H3. The van der Waals surface area contributed by atoms with Crippen molar-refractivity contribution in [1.29, 1.82) is 10.5 Å². The van der Waals surface area contributed by atoms with E-state index in [9.17, 15) is 0 Å². The second kappa shape index (κ2) is 4.51. The van der Waals surface area contributed by atoms with E-state index in [4.69, 9.17) is 10.5 Å². The summed E-state index contributed by atoms with van der Waals surface area (Å²) < 4.78 is 0. The molecule has 0 N–H and O–H groups in total. The first-order valence-electron chi connectivity index (χ1n) is 5.26. The lowest BCUT2D eigenvalue weighted by Gasteiger charge is -2.05. The van der Waals surface area contributed by atoms with Gasteiger partial charge in [0.2, 0.25) is 0 Å². The monoisotopic (exact) mass is 218 g/mol. The molecule has 0 aliphatic rings. The third kappa shape index (κ3) is 2.02. The normalized spacial score (nSPS) is 9.35. The van der Waals surface area contributed by atoms with Gasteiger partial charge >= 0.3 is 0 Å². The average Bonchev–Trinajstić information content (AvgIpc) is 2.38. The van der Waals surface area contributed by atoms with E-state index in [2.05, 4.69) is 0 Å². The van der Waals surface area contributed by atoms with E-state index in [0.29, 0.717) is 0 Å². The minimum Gasteiger partial charge on any atom is -0.192 e. The summed E-state index contributed by atoms with van der Waals surface area (Å²) in [5.41, 5.74) is 2.14. The smallest absolute Gasteiger partial charge is 0.130 e. The van der Waals surface area contributed by atoms with Gasteiger partial charge in [0.25, 0.3) is 0 Å². The number of nitrogens with zero attached hydrogens (tertiary/aromatic N) is 2. The summed E-state index contributed by atoms with van der Waals surface area (Å²) in [5, 5.41) is 19.8. The molecular weight excluding hydrogens is 208 g/mol.